The van der Waals surface area contributed by atoms with Crippen LogP contribution in [0.4, 0.5) is 4.79 Å². The minimum atomic E-state index is -0.465. The molecule has 1 aliphatic rings. The van der Waals surface area contributed by atoms with Crippen LogP contribution in [0, 0.1) is 5.92 Å². The van der Waals surface area contributed by atoms with Gasteiger partial charge in [-0.05, 0) is 44.6 Å². The summed E-state index contributed by atoms with van der Waals surface area (Å²) in [6.07, 6.45) is 0.771. The summed E-state index contributed by atoms with van der Waals surface area (Å²) in [4.78, 5) is 21.8. The van der Waals surface area contributed by atoms with Gasteiger partial charge in [0.15, 0.2) is 5.96 Å². The molecule has 2 rings (SSSR count). The number of hydrogen-bond donors (Lipinski definition) is 1. The lowest BCUT2D eigenvalue weighted by molar-refractivity contribution is 0.0186. The fraction of sp³-hybridized carbons (Fsp3) is 0.667. The van der Waals surface area contributed by atoms with E-state index >= 15 is 0 Å². The van der Waals surface area contributed by atoms with Gasteiger partial charge >= 0.3 is 6.09 Å². The van der Waals surface area contributed by atoms with Crippen LogP contribution in [0.5, 0.6) is 0 Å². The Labute approximate surface area is 177 Å². The van der Waals surface area contributed by atoms with Crippen LogP contribution in [0.1, 0.15) is 32.6 Å². The molecule has 6 nitrogen and oxygen atoms in total. The van der Waals surface area contributed by atoms with Gasteiger partial charge in [-0.1, -0.05) is 13.0 Å². The SMILES string of the molecule is CC(CN=C(N)N1CCN(C(=O)OC(C)(C)C)CC1)Cc1cccs1.I. The Hall–Kier alpha value is -1.03. The van der Waals surface area contributed by atoms with Gasteiger partial charge in [0.25, 0.3) is 0 Å². The minimum absolute atomic E-state index is 0. The normalized spacial score (nSPS) is 16.8. The summed E-state index contributed by atoms with van der Waals surface area (Å²) in [7, 11) is 0. The highest BCUT2D eigenvalue weighted by molar-refractivity contribution is 14.0. The standard InChI is InChI=1S/C18H30N4O2S.HI/c1-14(12-15-6-5-11-25-15)13-20-16(19)21-7-9-22(10-8-21)17(23)24-18(2,3)4;/h5-6,11,14H,7-10,12-13H2,1-4H3,(H2,19,20);1H. The molecule has 0 spiro atoms. The van der Waals surface area contributed by atoms with Crippen molar-refractivity contribution in [2.75, 3.05) is 32.7 Å². The summed E-state index contributed by atoms with van der Waals surface area (Å²) in [5, 5.41) is 2.10. The molecule has 0 aromatic carbocycles. The summed E-state index contributed by atoms with van der Waals surface area (Å²) in [6, 6.07) is 4.23. The number of halogens is 1. The zero-order valence-corrected chi connectivity index (χ0v) is 19.3. The van der Waals surface area contributed by atoms with Gasteiger partial charge in [-0.25, -0.2) is 4.79 Å². The molecule has 1 fully saturated rings. The zero-order valence-electron chi connectivity index (χ0n) is 16.1. The number of aliphatic imine (C=N–C) groups is 1. The third-order valence-corrected chi connectivity index (χ3v) is 4.85. The lowest BCUT2D eigenvalue weighted by Gasteiger charge is -2.36. The van der Waals surface area contributed by atoms with Crippen molar-refractivity contribution in [2.45, 2.75) is 39.7 Å². The Morgan fingerprint density at radius 1 is 1.31 bits per heavy atom. The Balaban J connectivity index is 0.00000338. The molecular formula is C18H31IN4O2S. The molecule has 1 aromatic rings. The third kappa shape index (κ3) is 7.69. The van der Waals surface area contributed by atoms with E-state index in [1.165, 1.54) is 4.88 Å². The average Bonchev–Trinajstić information content (AvgIpc) is 3.04. The summed E-state index contributed by atoms with van der Waals surface area (Å²) in [6.45, 7) is 11.1. The van der Waals surface area contributed by atoms with Crippen LogP contribution in [0.15, 0.2) is 22.5 Å². The summed E-state index contributed by atoms with van der Waals surface area (Å²) < 4.78 is 5.41. The van der Waals surface area contributed by atoms with Crippen LogP contribution in [-0.2, 0) is 11.2 Å². The van der Waals surface area contributed by atoms with Crippen LogP contribution >= 0.6 is 35.3 Å². The predicted molar refractivity (Wildman–Crippen MR) is 118 cm³/mol. The maximum Gasteiger partial charge on any atom is 0.410 e. The van der Waals surface area contributed by atoms with E-state index in [-0.39, 0.29) is 30.1 Å². The second-order valence-electron chi connectivity index (χ2n) is 7.54. The molecule has 148 valence electrons. The van der Waals surface area contributed by atoms with Gasteiger partial charge in [0.1, 0.15) is 5.60 Å². The first-order chi connectivity index (χ1) is 11.7. The monoisotopic (exact) mass is 494 g/mol. The third-order valence-electron chi connectivity index (χ3n) is 3.95. The van der Waals surface area contributed by atoms with E-state index < -0.39 is 5.60 Å². The highest BCUT2D eigenvalue weighted by Crippen LogP contribution is 2.15. The number of piperazine rings is 1. The molecule has 1 unspecified atom stereocenters. The number of hydrogen-bond acceptors (Lipinski definition) is 4. The zero-order chi connectivity index (χ0) is 18.4. The second kappa shape index (κ2) is 10.3. The second-order valence-corrected chi connectivity index (χ2v) is 8.57. The predicted octanol–water partition coefficient (Wildman–Crippen LogP) is 3.41. The molecule has 1 atom stereocenters. The molecule has 0 saturated carbocycles. The molecule has 2 N–H and O–H groups in total. The van der Waals surface area contributed by atoms with Gasteiger partial charge in [0, 0.05) is 37.6 Å². The van der Waals surface area contributed by atoms with Crippen molar-refractivity contribution in [3.05, 3.63) is 22.4 Å². The van der Waals surface area contributed by atoms with E-state index in [9.17, 15) is 4.79 Å². The number of ether oxygens (including phenoxy) is 1. The van der Waals surface area contributed by atoms with E-state index in [0.29, 0.717) is 38.1 Å². The molecule has 1 saturated heterocycles. The Morgan fingerprint density at radius 2 is 1.92 bits per heavy atom. The first kappa shape index (κ1) is 23.0. The number of carbonyl (C=O) groups is 1. The van der Waals surface area contributed by atoms with Gasteiger partial charge in [-0.3, -0.25) is 4.99 Å². The lowest BCUT2D eigenvalue weighted by Crippen LogP contribution is -2.53. The smallest absolute Gasteiger partial charge is 0.410 e. The van der Waals surface area contributed by atoms with E-state index in [4.69, 9.17) is 10.5 Å². The molecule has 0 aliphatic carbocycles. The highest BCUT2D eigenvalue weighted by Gasteiger charge is 2.26. The first-order valence-corrected chi connectivity index (χ1v) is 9.68. The van der Waals surface area contributed by atoms with Gasteiger partial charge < -0.3 is 20.3 Å². The molecule has 1 aromatic heterocycles. The quantitative estimate of drug-likeness (QED) is 0.396. The number of thiophene rings is 1. The number of guanidine groups is 1. The van der Waals surface area contributed by atoms with Crippen molar-refractivity contribution in [3.8, 4) is 0 Å². The molecule has 1 aliphatic heterocycles. The molecule has 2 heterocycles. The van der Waals surface area contributed by atoms with Gasteiger partial charge in [-0.15, -0.1) is 35.3 Å². The Kier molecular flexibility index (Phi) is 9.15. The lowest BCUT2D eigenvalue weighted by atomic mass is 10.1. The van der Waals surface area contributed by atoms with Crippen molar-refractivity contribution in [1.82, 2.24) is 9.80 Å². The number of carbonyl (C=O) groups excluding carboxylic acids is 1. The largest absolute Gasteiger partial charge is 0.444 e. The molecule has 0 radical (unpaired) electrons. The number of rotatable bonds is 4. The van der Waals surface area contributed by atoms with E-state index in [0.717, 1.165) is 13.0 Å². The summed E-state index contributed by atoms with van der Waals surface area (Å²) in [5.41, 5.74) is 5.67. The number of amides is 1. The van der Waals surface area contributed by atoms with Gasteiger partial charge in [0.05, 0.1) is 0 Å². The van der Waals surface area contributed by atoms with Crippen LogP contribution in [0.3, 0.4) is 0 Å². The minimum Gasteiger partial charge on any atom is -0.444 e. The maximum absolute atomic E-state index is 12.1. The topological polar surface area (TPSA) is 71.2 Å². The van der Waals surface area contributed by atoms with Crippen molar-refractivity contribution in [2.24, 2.45) is 16.6 Å². The summed E-state index contributed by atoms with van der Waals surface area (Å²) >= 11 is 1.78. The van der Waals surface area contributed by atoms with Gasteiger partial charge in [0.2, 0.25) is 0 Å². The van der Waals surface area contributed by atoms with Crippen molar-refractivity contribution in [1.29, 1.82) is 0 Å². The van der Waals surface area contributed by atoms with Gasteiger partial charge in [-0.2, -0.15) is 0 Å². The van der Waals surface area contributed by atoms with Crippen molar-refractivity contribution in [3.63, 3.8) is 0 Å². The van der Waals surface area contributed by atoms with Crippen LogP contribution in [-0.4, -0.2) is 60.2 Å². The highest BCUT2D eigenvalue weighted by atomic mass is 127. The van der Waals surface area contributed by atoms with E-state index in [1.807, 2.05) is 25.7 Å². The average molecular weight is 494 g/mol. The Bertz CT molecular complexity index is 579. The van der Waals surface area contributed by atoms with Crippen molar-refractivity contribution >= 4 is 47.4 Å². The molecular weight excluding hydrogens is 463 g/mol. The fourth-order valence-corrected chi connectivity index (χ4v) is 3.50. The van der Waals surface area contributed by atoms with Crippen LogP contribution in [0.25, 0.3) is 0 Å². The Morgan fingerprint density at radius 3 is 2.46 bits per heavy atom. The summed E-state index contributed by atoms with van der Waals surface area (Å²) in [5.74, 6) is 1.03. The van der Waals surface area contributed by atoms with E-state index in [1.54, 1.807) is 16.2 Å². The van der Waals surface area contributed by atoms with Crippen LogP contribution < -0.4 is 5.73 Å². The number of nitrogens with two attached hydrogens (primary N) is 1. The molecule has 8 heteroatoms. The van der Waals surface area contributed by atoms with E-state index in [2.05, 4.69) is 29.4 Å². The number of nitrogens with zero attached hydrogens (tertiary/aromatic N) is 3. The molecule has 26 heavy (non-hydrogen) atoms. The molecule has 0 bridgehead atoms. The van der Waals surface area contributed by atoms with Crippen molar-refractivity contribution < 1.29 is 9.53 Å². The van der Waals surface area contributed by atoms with Crippen LogP contribution in [0.2, 0.25) is 0 Å². The maximum atomic E-state index is 12.1. The first-order valence-electron chi connectivity index (χ1n) is 8.80. The fourth-order valence-electron chi connectivity index (χ4n) is 2.63. The molecule has 1 amide bonds.